The molecule has 0 aliphatic heterocycles. The van der Waals surface area contributed by atoms with Crippen LogP contribution in [-0.2, 0) is 18.2 Å². The highest BCUT2D eigenvalue weighted by molar-refractivity contribution is 7.77. The maximum absolute atomic E-state index is 12.6. The molecule has 1 atom stereocenters. The van der Waals surface area contributed by atoms with Crippen molar-refractivity contribution in [3.05, 3.63) is 0 Å². The highest BCUT2D eigenvalue weighted by Crippen LogP contribution is 2.67. The van der Waals surface area contributed by atoms with E-state index in [1.165, 1.54) is 0 Å². The molecule has 0 saturated heterocycles. The highest BCUT2D eigenvalue weighted by Gasteiger charge is 2.42. The Bertz CT molecular complexity index is 293. The summed E-state index contributed by atoms with van der Waals surface area (Å²) in [7, 11) is -5.85. The molecule has 0 aliphatic rings. The van der Waals surface area contributed by atoms with Crippen molar-refractivity contribution >= 4 is 14.7 Å². The first-order valence-corrected chi connectivity index (χ1v) is 10.2. The van der Waals surface area contributed by atoms with E-state index >= 15 is 0 Å². The van der Waals surface area contributed by atoms with Gasteiger partial charge in [0.15, 0.2) is 0 Å². The standard InChI is InChI=1S/C10H25NO4P2/c1-5-14-17(13,15-6-2)10(8-7-9-11)16(3,4)12/h10H,5-9,11H2,1-4H3. The molecule has 0 aromatic carbocycles. The van der Waals surface area contributed by atoms with Crippen molar-refractivity contribution in [3.8, 4) is 0 Å². The number of rotatable bonds is 9. The Kier molecular flexibility index (Phi) is 7.86. The summed E-state index contributed by atoms with van der Waals surface area (Å²) in [6, 6.07) is 0. The summed E-state index contributed by atoms with van der Waals surface area (Å²) in [5.41, 5.74) is 5.45. The van der Waals surface area contributed by atoms with E-state index in [1.54, 1.807) is 27.2 Å². The molecule has 7 heteroatoms. The van der Waals surface area contributed by atoms with Crippen molar-refractivity contribution in [3.63, 3.8) is 0 Å². The second-order valence-electron chi connectivity index (χ2n) is 4.22. The van der Waals surface area contributed by atoms with Crippen LogP contribution in [0.4, 0.5) is 0 Å². The van der Waals surface area contributed by atoms with Crippen LogP contribution in [0.3, 0.4) is 0 Å². The van der Waals surface area contributed by atoms with Crippen LogP contribution in [0.5, 0.6) is 0 Å². The van der Waals surface area contributed by atoms with E-state index in [4.69, 9.17) is 14.8 Å². The third-order valence-electron chi connectivity index (χ3n) is 2.37. The second-order valence-corrected chi connectivity index (χ2v) is 10.3. The zero-order valence-corrected chi connectivity index (χ0v) is 13.0. The van der Waals surface area contributed by atoms with Crippen LogP contribution in [0.2, 0.25) is 0 Å². The topological polar surface area (TPSA) is 78.6 Å². The van der Waals surface area contributed by atoms with Gasteiger partial charge in [0.05, 0.1) is 20.4 Å². The van der Waals surface area contributed by atoms with E-state index in [0.29, 0.717) is 19.4 Å². The Morgan fingerprint density at radius 1 is 1.12 bits per heavy atom. The zero-order valence-electron chi connectivity index (χ0n) is 11.2. The molecule has 0 saturated carbocycles. The molecule has 104 valence electrons. The Morgan fingerprint density at radius 2 is 1.59 bits per heavy atom. The minimum absolute atomic E-state index is 0.288. The summed E-state index contributed by atoms with van der Waals surface area (Å²) in [6.07, 6.45) is 1.18. The monoisotopic (exact) mass is 285 g/mol. The van der Waals surface area contributed by atoms with E-state index in [2.05, 4.69) is 0 Å². The van der Waals surface area contributed by atoms with E-state index in [1.807, 2.05) is 0 Å². The van der Waals surface area contributed by atoms with E-state index in [0.717, 1.165) is 0 Å². The second kappa shape index (κ2) is 7.70. The Labute approximate surface area is 104 Å². The van der Waals surface area contributed by atoms with Gasteiger partial charge in [-0.1, -0.05) is 0 Å². The predicted molar refractivity (Wildman–Crippen MR) is 72.4 cm³/mol. The van der Waals surface area contributed by atoms with Crippen molar-refractivity contribution in [2.24, 2.45) is 5.73 Å². The lowest BCUT2D eigenvalue weighted by Gasteiger charge is -2.28. The average molecular weight is 285 g/mol. The van der Waals surface area contributed by atoms with Crippen LogP contribution in [0.1, 0.15) is 26.7 Å². The van der Waals surface area contributed by atoms with Gasteiger partial charge in [-0.25, -0.2) is 0 Å². The van der Waals surface area contributed by atoms with Gasteiger partial charge in [-0.05, 0) is 46.6 Å². The molecule has 2 N–H and O–H groups in total. The van der Waals surface area contributed by atoms with Gasteiger partial charge in [0.1, 0.15) is 5.40 Å². The maximum atomic E-state index is 12.6. The van der Waals surface area contributed by atoms with Crippen LogP contribution in [0, 0.1) is 0 Å². The molecule has 0 aliphatic carbocycles. The molecular formula is C10H25NO4P2. The normalized spacial score (nSPS) is 14.9. The Hall–Kier alpha value is 0.340. The molecule has 0 rings (SSSR count). The van der Waals surface area contributed by atoms with Crippen LogP contribution in [0.25, 0.3) is 0 Å². The van der Waals surface area contributed by atoms with E-state index in [9.17, 15) is 9.13 Å². The first-order valence-electron chi connectivity index (χ1n) is 5.95. The highest BCUT2D eigenvalue weighted by atomic mass is 31.2. The van der Waals surface area contributed by atoms with Gasteiger partial charge in [0, 0.05) is 0 Å². The molecule has 0 fully saturated rings. The maximum Gasteiger partial charge on any atom is 0.340 e. The quantitative estimate of drug-likeness (QED) is 0.659. The number of hydrogen-bond acceptors (Lipinski definition) is 5. The van der Waals surface area contributed by atoms with Crippen molar-refractivity contribution in [2.75, 3.05) is 33.1 Å². The molecule has 0 radical (unpaired) electrons. The van der Waals surface area contributed by atoms with Gasteiger partial charge >= 0.3 is 7.60 Å². The van der Waals surface area contributed by atoms with Crippen molar-refractivity contribution in [2.45, 2.75) is 32.1 Å². The van der Waals surface area contributed by atoms with Crippen LogP contribution < -0.4 is 5.73 Å². The van der Waals surface area contributed by atoms with Crippen LogP contribution in [0.15, 0.2) is 0 Å². The van der Waals surface area contributed by atoms with Crippen molar-refractivity contribution in [1.29, 1.82) is 0 Å². The van der Waals surface area contributed by atoms with Gasteiger partial charge in [0.2, 0.25) is 0 Å². The lowest BCUT2D eigenvalue weighted by molar-refractivity contribution is 0.216. The van der Waals surface area contributed by atoms with Crippen LogP contribution >= 0.6 is 14.7 Å². The number of nitrogens with two attached hydrogens (primary N) is 1. The molecule has 1 unspecified atom stereocenters. The third-order valence-corrected chi connectivity index (χ3v) is 8.80. The number of hydrogen-bond donors (Lipinski definition) is 1. The Morgan fingerprint density at radius 3 is 1.88 bits per heavy atom. The average Bonchev–Trinajstić information content (AvgIpc) is 2.16. The Balaban J connectivity index is 5.07. The van der Waals surface area contributed by atoms with Crippen molar-refractivity contribution in [1.82, 2.24) is 0 Å². The molecule has 0 bridgehead atoms. The lowest BCUT2D eigenvalue weighted by atomic mass is 10.3. The molecule has 0 spiro atoms. The largest absolute Gasteiger partial charge is 0.340 e. The molecular weight excluding hydrogens is 260 g/mol. The summed E-state index contributed by atoms with van der Waals surface area (Å²) in [5, 5.41) is -0.543. The van der Waals surface area contributed by atoms with Gasteiger partial charge in [0.25, 0.3) is 0 Å². The molecule has 0 amide bonds. The minimum Gasteiger partial charge on any atom is -0.330 e. The van der Waals surface area contributed by atoms with Gasteiger partial charge in [-0.3, -0.25) is 4.57 Å². The molecule has 0 heterocycles. The van der Waals surface area contributed by atoms with E-state index in [-0.39, 0.29) is 13.2 Å². The van der Waals surface area contributed by atoms with Gasteiger partial charge < -0.3 is 19.3 Å². The summed E-state index contributed by atoms with van der Waals surface area (Å²) in [6.45, 7) is 7.81. The third kappa shape index (κ3) is 5.67. The first-order chi connectivity index (χ1) is 7.81. The predicted octanol–water partition coefficient (Wildman–Crippen LogP) is 2.94. The SMILES string of the molecule is CCOP(=O)(OCC)C(CCCN)P(C)(C)=O. The fraction of sp³-hybridized carbons (Fsp3) is 1.00. The molecule has 0 aromatic heterocycles. The zero-order chi connectivity index (χ0) is 13.5. The minimum atomic E-state index is -3.30. The van der Waals surface area contributed by atoms with Gasteiger partial charge in [-0.15, -0.1) is 0 Å². The molecule has 17 heavy (non-hydrogen) atoms. The first kappa shape index (κ1) is 17.3. The smallest absolute Gasteiger partial charge is 0.330 e. The summed E-state index contributed by atoms with van der Waals surface area (Å²) in [5.74, 6) is 0. The molecule has 0 aromatic rings. The summed E-state index contributed by atoms with van der Waals surface area (Å²) in [4.78, 5) is 0. The van der Waals surface area contributed by atoms with Crippen LogP contribution in [-0.4, -0.2) is 38.5 Å². The fourth-order valence-electron chi connectivity index (χ4n) is 1.68. The van der Waals surface area contributed by atoms with E-state index < -0.39 is 20.1 Å². The summed E-state index contributed by atoms with van der Waals surface area (Å²) >= 11 is 0. The van der Waals surface area contributed by atoms with Crippen molar-refractivity contribution < 1.29 is 18.2 Å². The fourth-order valence-corrected chi connectivity index (χ4v) is 7.25. The lowest BCUT2D eigenvalue weighted by Crippen LogP contribution is -2.15. The van der Waals surface area contributed by atoms with Gasteiger partial charge in [-0.2, -0.15) is 0 Å². The molecule has 5 nitrogen and oxygen atoms in total. The summed E-state index contributed by atoms with van der Waals surface area (Å²) < 4.78 is 35.4.